The molecular weight excluding hydrogens is 546 g/mol. The average Bonchev–Trinajstić information content (AvgIpc) is 3.13. The van der Waals surface area contributed by atoms with Gasteiger partial charge in [0.25, 0.3) is 0 Å². The summed E-state index contributed by atoms with van der Waals surface area (Å²) in [7, 11) is 0. The van der Waals surface area contributed by atoms with Crippen molar-refractivity contribution in [2.24, 2.45) is 0 Å². The molecule has 0 atom stereocenters. The summed E-state index contributed by atoms with van der Waals surface area (Å²) in [5.41, 5.74) is 9.95. The van der Waals surface area contributed by atoms with Gasteiger partial charge in [-0.25, -0.2) is 9.97 Å². The van der Waals surface area contributed by atoms with Crippen molar-refractivity contribution in [3.8, 4) is 33.8 Å². The summed E-state index contributed by atoms with van der Waals surface area (Å²) in [4.78, 5) is 13.6. The molecule has 0 aliphatic rings. The second-order valence-electron chi connectivity index (χ2n) is 10.6. The Morgan fingerprint density at radius 1 is 0.356 bits per heavy atom. The number of aromatic nitrogens is 3. The molecule has 3 nitrogen and oxygen atoms in total. The van der Waals surface area contributed by atoms with Crippen LogP contribution in [0.4, 0.5) is 0 Å². The molecular formula is C42H33N3. The summed E-state index contributed by atoms with van der Waals surface area (Å²) < 4.78 is 0. The first-order valence-electron chi connectivity index (χ1n) is 15.0. The largest absolute Gasteiger partial charge is 0.256 e. The highest BCUT2D eigenvalue weighted by molar-refractivity contribution is 5.82. The normalized spacial score (nSPS) is 10.3. The van der Waals surface area contributed by atoms with Crippen LogP contribution in [0.15, 0.2) is 182 Å². The Hall–Kier alpha value is -5.93. The second kappa shape index (κ2) is 14.5. The van der Waals surface area contributed by atoms with Crippen LogP contribution in [-0.4, -0.2) is 15.0 Å². The minimum Gasteiger partial charge on any atom is -0.256 e. The lowest BCUT2D eigenvalue weighted by Crippen LogP contribution is -1.84. The molecule has 3 aromatic heterocycles. The molecule has 0 spiro atoms. The monoisotopic (exact) mass is 579 g/mol. The maximum absolute atomic E-state index is 4.65. The topological polar surface area (TPSA) is 38.7 Å². The van der Waals surface area contributed by atoms with E-state index in [4.69, 9.17) is 0 Å². The molecule has 0 aliphatic heterocycles. The average molecular weight is 580 g/mol. The fourth-order valence-corrected chi connectivity index (χ4v) is 5.01. The quantitative estimate of drug-likeness (QED) is 0.209. The van der Waals surface area contributed by atoms with Gasteiger partial charge in [0.1, 0.15) is 0 Å². The fraction of sp³-hybridized carbons (Fsp3) is 0.0238. The van der Waals surface area contributed by atoms with Crippen molar-refractivity contribution in [2.75, 3.05) is 0 Å². The van der Waals surface area contributed by atoms with Gasteiger partial charge in [0.15, 0.2) is 0 Å². The predicted octanol–water partition coefficient (Wildman–Crippen LogP) is 10.9. The first-order valence-corrected chi connectivity index (χ1v) is 15.0. The van der Waals surface area contributed by atoms with Gasteiger partial charge in [0.05, 0.1) is 28.1 Å². The number of nitrogens with zero attached hydrogens (tertiary/aromatic N) is 3. The summed E-state index contributed by atoms with van der Waals surface area (Å²) in [5.74, 6) is 0. The molecule has 216 valence electrons. The van der Waals surface area contributed by atoms with Gasteiger partial charge in [-0.05, 0) is 49.4 Å². The molecule has 0 unspecified atom stereocenters. The van der Waals surface area contributed by atoms with E-state index in [0.29, 0.717) is 0 Å². The Labute approximate surface area is 264 Å². The first kappa shape index (κ1) is 29.2. The molecule has 0 bridgehead atoms. The third-order valence-corrected chi connectivity index (χ3v) is 7.31. The number of fused-ring (bicyclic) bond motifs is 2. The van der Waals surface area contributed by atoms with Gasteiger partial charge in [-0.1, -0.05) is 139 Å². The van der Waals surface area contributed by atoms with Gasteiger partial charge in [0.2, 0.25) is 0 Å². The van der Waals surface area contributed by atoms with E-state index in [9.17, 15) is 0 Å². The standard InChI is InChI=1S/2C15H11N.C12H11N/c2*1-2-6-12(7-3-1)15-11-10-13-8-4-5-9-14(13)16-15;1-10-5-4-6-11(9-10)12-7-2-3-8-13-12/h2*1-11H;2-9H,1H3. The zero-order valence-electron chi connectivity index (χ0n) is 25.2. The van der Waals surface area contributed by atoms with Crippen LogP contribution < -0.4 is 0 Å². The van der Waals surface area contributed by atoms with Gasteiger partial charge in [-0.15, -0.1) is 0 Å². The van der Waals surface area contributed by atoms with Gasteiger partial charge in [-0.2, -0.15) is 0 Å². The molecule has 0 radical (unpaired) electrons. The summed E-state index contributed by atoms with van der Waals surface area (Å²) in [5, 5.41) is 2.37. The van der Waals surface area contributed by atoms with E-state index in [0.717, 1.165) is 39.2 Å². The Balaban J connectivity index is 0.000000120. The van der Waals surface area contributed by atoms with Crippen molar-refractivity contribution in [1.29, 1.82) is 0 Å². The highest BCUT2D eigenvalue weighted by Crippen LogP contribution is 2.22. The molecule has 0 aliphatic carbocycles. The zero-order chi connectivity index (χ0) is 30.7. The molecule has 5 aromatic carbocycles. The third-order valence-electron chi connectivity index (χ3n) is 7.31. The molecule has 8 aromatic rings. The van der Waals surface area contributed by atoms with E-state index in [2.05, 4.69) is 107 Å². The number of aryl methyl sites for hydroxylation is 1. The number of pyridine rings is 3. The maximum Gasteiger partial charge on any atom is 0.0709 e. The highest BCUT2D eigenvalue weighted by atomic mass is 14.7. The molecule has 0 saturated carbocycles. The lowest BCUT2D eigenvalue weighted by atomic mass is 10.1. The molecule has 45 heavy (non-hydrogen) atoms. The second-order valence-corrected chi connectivity index (χ2v) is 10.6. The first-order chi connectivity index (χ1) is 22.2. The minimum absolute atomic E-state index is 1.03. The summed E-state index contributed by atoms with van der Waals surface area (Å²) in [6, 6.07) is 59.5. The zero-order valence-corrected chi connectivity index (χ0v) is 25.2. The smallest absolute Gasteiger partial charge is 0.0709 e. The van der Waals surface area contributed by atoms with E-state index in [1.54, 1.807) is 0 Å². The molecule has 0 saturated heterocycles. The molecule has 0 N–H and O–H groups in total. The van der Waals surface area contributed by atoms with E-state index in [1.165, 1.54) is 21.9 Å². The highest BCUT2D eigenvalue weighted by Gasteiger charge is 2.01. The SMILES string of the molecule is Cc1cccc(-c2ccccn2)c1.c1ccc(-c2ccc3ccccc3n2)cc1.c1ccc(-c2ccc3ccccc3n2)cc1. The van der Waals surface area contributed by atoms with Gasteiger partial charge >= 0.3 is 0 Å². The lowest BCUT2D eigenvalue weighted by molar-refractivity contribution is 1.32. The van der Waals surface area contributed by atoms with Crippen LogP contribution in [0.1, 0.15) is 5.56 Å². The van der Waals surface area contributed by atoms with Crippen LogP contribution in [0.2, 0.25) is 0 Å². The molecule has 8 rings (SSSR count). The summed E-state index contributed by atoms with van der Waals surface area (Å²) >= 11 is 0. The maximum atomic E-state index is 4.65. The van der Waals surface area contributed by atoms with Gasteiger partial charge < -0.3 is 0 Å². The Morgan fingerprint density at radius 2 is 0.844 bits per heavy atom. The lowest BCUT2D eigenvalue weighted by Gasteiger charge is -2.02. The van der Waals surface area contributed by atoms with Crippen LogP contribution in [0.5, 0.6) is 0 Å². The Kier molecular flexibility index (Phi) is 9.39. The summed E-state index contributed by atoms with van der Waals surface area (Å²) in [6.45, 7) is 2.09. The van der Waals surface area contributed by atoms with Crippen LogP contribution in [0.25, 0.3) is 55.6 Å². The predicted molar refractivity (Wildman–Crippen MR) is 189 cm³/mol. The Bertz CT molecular complexity index is 1990. The van der Waals surface area contributed by atoms with Crippen molar-refractivity contribution in [1.82, 2.24) is 15.0 Å². The number of hydrogen-bond acceptors (Lipinski definition) is 3. The van der Waals surface area contributed by atoms with Crippen molar-refractivity contribution >= 4 is 21.8 Å². The van der Waals surface area contributed by atoms with E-state index < -0.39 is 0 Å². The molecule has 0 fully saturated rings. The third kappa shape index (κ3) is 7.73. The minimum atomic E-state index is 1.03. The van der Waals surface area contributed by atoms with Gasteiger partial charge in [0, 0.05) is 33.7 Å². The fourth-order valence-electron chi connectivity index (χ4n) is 5.01. The number of benzene rings is 5. The van der Waals surface area contributed by atoms with Crippen LogP contribution >= 0.6 is 0 Å². The van der Waals surface area contributed by atoms with Gasteiger partial charge in [-0.3, -0.25) is 4.98 Å². The molecule has 3 heteroatoms. The van der Waals surface area contributed by atoms with Crippen LogP contribution in [0, 0.1) is 6.92 Å². The number of para-hydroxylation sites is 2. The number of rotatable bonds is 3. The van der Waals surface area contributed by atoms with Crippen LogP contribution in [0.3, 0.4) is 0 Å². The van der Waals surface area contributed by atoms with Crippen molar-refractivity contribution in [3.63, 3.8) is 0 Å². The van der Waals surface area contributed by atoms with Crippen molar-refractivity contribution < 1.29 is 0 Å². The molecule has 0 amide bonds. The van der Waals surface area contributed by atoms with E-state index in [-0.39, 0.29) is 0 Å². The van der Waals surface area contributed by atoms with E-state index in [1.807, 2.05) is 97.2 Å². The number of hydrogen-bond donors (Lipinski definition) is 0. The van der Waals surface area contributed by atoms with Crippen molar-refractivity contribution in [3.05, 3.63) is 188 Å². The Morgan fingerprint density at radius 3 is 1.36 bits per heavy atom. The van der Waals surface area contributed by atoms with E-state index >= 15 is 0 Å². The van der Waals surface area contributed by atoms with Crippen molar-refractivity contribution in [2.45, 2.75) is 6.92 Å². The summed E-state index contributed by atoms with van der Waals surface area (Å²) in [6.07, 6.45) is 1.82. The molecule has 3 heterocycles. The van der Waals surface area contributed by atoms with Crippen LogP contribution in [-0.2, 0) is 0 Å².